The van der Waals surface area contributed by atoms with Gasteiger partial charge in [0.2, 0.25) is 0 Å². The van der Waals surface area contributed by atoms with Gasteiger partial charge in [0, 0.05) is 30.1 Å². The van der Waals surface area contributed by atoms with E-state index in [0.29, 0.717) is 22.3 Å². The predicted octanol–water partition coefficient (Wildman–Crippen LogP) is 4.77. The number of hydrogen-bond donors (Lipinski definition) is 1. The monoisotopic (exact) mass is 769 g/mol. The number of thiophene rings is 1. The van der Waals surface area contributed by atoms with Gasteiger partial charge in [-0.2, -0.15) is 0 Å². The van der Waals surface area contributed by atoms with Crippen LogP contribution in [0.2, 0.25) is 0 Å². The van der Waals surface area contributed by atoms with Gasteiger partial charge < -0.3 is 24.2 Å². The summed E-state index contributed by atoms with van der Waals surface area (Å²) < 4.78 is 101. The Morgan fingerprint density at radius 1 is 0.863 bits per heavy atom. The second kappa shape index (κ2) is 16.7. The molecule has 2 heterocycles. The largest absolute Gasteiger partial charge is 0.573 e. The Labute approximate surface area is 297 Å². The quantitative estimate of drug-likeness (QED) is 0.226. The van der Waals surface area contributed by atoms with Crippen molar-refractivity contribution in [2.45, 2.75) is 25.6 Å². The third kappa shape index (κ3) is 12.4. The van der Waals surface area contributed by atoms with Gasteiger partial charge >= 0.3 is 18.3 Å². The van der Waals surface area contributed by atoms with Crippen LogP contribution in [0.1, 0.15) is 27.6 Å². The molecule has 274 valence electrons. The molecule has 3 aromatic rings. The summed E-state index contributed by atoms with van der Waals surface area (Å²) in [5.41, 5.74) is 1.05. The van der Waals surface area contributed by atoms with Gasteiger partial charge in [-0.25, -0.2) is 26.4 Å². The van der Waals surface area contributed by atoms with Gasteiger partial charge in [-0.05, 0) is 58.0 Å². The summed E-state index contributed by atoms with van der Waals surface area (Å²) >= 11 is 1.35. The maximum absolute atomic E-state index is 13.8. The Balaban J connectivity index is 1.93. The average Bonchev–Trinajstić information content (AvgIpc) is 3.55. The highest BCUT2D eigenvalue weighted by molar-refractivity contribution is 7.90. The minimum Gasteiger partial charge on any atom is -0.461 e. The van der Waals surface area contributed by atoms with E-state index in [9.17, 15) is 44.7 Å². The van der Waals surface area contributed by atoms with Crippen LogP contribution >= 0.6 is 11.3 Å². The third-order valence-corrected chi connectivity index (χ3v) is 9.96. The Morgan fingerprint density at radius 3 is 2.04 bits per heavy atom. The van der Waals surface area contributed by atoms with Crippen LogP contribution in [0, 0.1) is 0 Å². The highest BCUT2D eigenvalue weighted by Gasteiger charge is 2.32. The van der Waals surface area contributed by atoms with E-state index in [0.717, 1.165) is 23.5 Å². The molecule has 51 heavy (non-hydrogen) atoms. The van der Waals surface area contributed by atoms with Crippen molar-refractivity contribution in [1.82, 2.24) is 4.90 Å². The van der Waals surface area contributed by atoms with Crippen molar-refractivity contribution in [3.05, 3.63) is 117 Å². The zero-order chi connectivity index (χ0) is 37.4. The fourth-order valence-electron chi connectivity index (χ4n) is 4.80. The molecule has 0 saturated carbocycles. The lowest BCUT2D eigenvalue weighted by Gasteiger charge is -2.31. The van der Waals surface area contributed by atoms with Crippen LogP contribution < -0.4 is 4.74 Å². The lowest BCUT2D eigenvalue weighted by atomic mass is 9.94. The number of ether oxygens (including phenoxy) is 3. The number of hydrogen-bond acceptors (Lipinski definition) is 12. The minimum absolute atomic E-state index is 0.138. The summed E-state index contributed by atoms with van der Waals surface area (Å²) in [6.07, 6.45) is 1.34. The van der Waals surface area contributed by atoms with Crippen molar-refractivity contribution < 1.29 is 58.9 Å². The van der Waals surface area contributed by atoms with Crippen LogP contribution in [0.4, 0.5) is 13.2 Å². The summed E-state index contributed by atoms with van der Waals surface area (Å²) in [4.78, 5) is 29.8. The molecule has 0 saturated heterocycles. The maximum Gasteiger partial charge on any atom is 0.573 e. The van der Waals surface area contributed by atoms with Crippen molar-refractivity contribution in [3.8, 4) is 5.75 Å². The van der Waals surface area contributed by atoms with Crippen LogP contribution in [0.5, 0.6) is 5.75 Å². The standard InChI is InChI=1S/C34H34F3NO10S3/c1-50(42,43)15-12-46-32(40)28-18-26(25-10-8-23(22-39)9-11-25)19-30(31-7-4-14-49-31)38(21-29(28)33(41)47-13-16-51(2,44)45)20-24-5-3-6-27(17-24)48-34(35,36)37/h3-11,14,17-19,21,30,39H,12-13,15-16,20,22H2,1-2H3. The Kier molecular flexibility index (Phi) is 12.9. The number of sulfone groups is 2. The van der Waals surface area contributed by atoms with Crippen LogP contribution in [0.25, 0.3) is 5.57 Å². The van der Waals surface area contributed by atoms with Crippen molar-refractivity contribution in [2.75, 3.05) is 37.2 Å². The van der Waals surface area contributed by atoms with Crippen LogP contribution in [0.3, 0.4) is 0 Å². The summed E-state index contributed by atoms with van der Waals surface area (Å²) in [5.74, 6) is -3.75. The molecule has 0 bridgehead atoms. The molecule has 1 atom stereocenters. The molecule has 0 amide bonds. The third-order valence-electron chi connectivity index (χ3n) is 7.20. The number of halogens is 3. The molecular formula is C34H34F3NO10S3. The molecule has 17 heteroatoms. The van der Waals surface area contributed by atoms with Gasteiger partial charge in [0.05, 0.1) is 35.3 Å². The smallest absolute Gasteiger partial charge is 0.461 e. The highest BCUT2D eigenvalue weighted by Crippen LogP contribution is 2.37. The Bertz CT molecular complexity index is 2020. The molecule has 0 aliphatic carbocycles. The molecule has 2 aromatic carbocycles. The Morgan fingerprint density at radius 2 is 1.49 bits per heavy atom. The molecule has 4 rings (SSSR count). The van der Waals surface area contributed by atoms with Crippen molar-refractivity contribution in [3.63, 3.8) is 0 Å². The fraction of sp³-hybridized carbons (Fsp3) is 0.294. The molecule has 1 N–H and O–H groups in total. The fourth-order valence-corrected chi connectivity index (χ4v) is 6.39. The molecule has 0 spiro atoms. The van der Waals surface area contributed by atoms with E-state index in [2.05, 4.69) is 4.74 Å². The zero-order valence-electron chi connectivity index (χ0n) is 27.3. The van der Waals surface area contributed by atoms with Gasteiger partial charge in [0.15, 0.2) is 19.7 Å². The number of aliphatic hydroxyl groups excluding tert-OH is 1. The molecule has 11 nitrogen and oxygen atoms in total. The van der Waals surface area contributed by atoms with Crippen molar-refractivity contribution in [1.29, 1.82) is 0 Å². The van der Waals surface area contributed by atoms with Crippen LogP contribution in [0.15, 0.2) is 95.5 Å². The lowest BCUT2D eigenvalue weighted by molar-refractivity contribution is -0.274. The first-order valence-corrected chi connectivity index (χ1v) is 20.1. The number of carbonyl (C=O) groups is 2. The normalized spacial score (nSPS) is 15.5. The summed E-state index contributed by atoms with van der Waals surface area (Å²) in [7, 11) is -7.11. The van der Waals surface area contributed by atoms with E-state index in [1.807, 2.05) is 0 Å². The molecule has 1 aliphatic heterocycles. The van der Waals surface area contributed by atoms with Gasteiger partial charge in [0.1, 0.15) is 19.0 Å². The van der Waals surface area contributed by atoms with E-state index < -0.39 is 80.1 Å². The van der Waals surface area contributed by atoms with E-state index in [4.69, 9.17) is 9.47 Å². The first kappa shape index (κ1) is 39.3. The zero-order valence-corrected chi connectivity index (χ0v) is 29.8. The second-order valence-electron chi connectivity index (χ2n) is 11.4. The molecule has 1 aliphatic rings. The van der Waals surface area contributed by atoms with Gasteiger partial charge in [-0.15, -0.1) is 24.5 Å². The summed E-state index contributed by atoms with van der Waals surface area (Å²) in [6.45, 7) is -1.51. The van der Waals surface area contributed by atoms with Gasteiger partial charge in [-0.3, -0.25) is 0 Å². The number of rotatable bonds is 14. The van der Waals surface area contributed by atoms with Crippen molar-refractivity contribution >= 4 is 48.5 Å². The number of nitrogens with zero attached hydrogens (tertiary/aromatic N) is 1. The number of aliphatic hydroxyl groups is 1. The highest BCUT2D eigenvalue weighted by atomic mass is 32.2. The summed E-state index contributed by atoms with van der Waals surface area (Å²) in [6, 6.07) is 14.7. The number of esters is 2. The molecule has 1 unspecified atom stereocenters. The average molecular weight is 770 g/mol. The first-order valence-electron chi connectivity index (χ1n) is 15.1. The van der Waals surface area contributed by atoms with E-state index in [-0.39, 0.29) is 18.7 Å². The Hall–Kier alpha value is -4.45. The SMILES string of the molecule is CS(=O)(=O)CCOC(=O)C1=CC(c2ccc(CO)cc2)=CC(c2cccs2)N(Cc2cccc(OC(F)(F)F)c2)C=C1C(=O)OCCS(C)(=O)=O. The second-order valence-corrected chi connectivity index (χ2v) is 16.9. The van der Waals surface area contributed by atoms with E-state index >= 15 is 0 Å². The molecule has 1 aromatic heterocycles. The number of benzene rings is 2. The van der Waals surface area contributed by atoms with E-state index in [1.54, 1.807) is 58.8 Å². The first-order chi connectivity index (χ1) is 23.9. The van der Waals surface area contributed by atoms with E-state index in [1.165, 1.54) is 35.7 Å². The minimum atomic E-state index is -4.96. The molecular weight excluding hydrogens is 736 g/mol. The topological polar surface area (TPSA) is 154 Å². The molecule has 0 radical (unpaired) electrons. The summed E-state index contributed by atoms with van der Waals surface area (Å²) in [5, 5.41) is 11.4. The maximum atomic E-state index is 13.8. The number of allylic oxidation sites excluding steroid dienone is 2. The van der Waals surface area contributed by atoms with Gasteiger partial charge in [0.25, 0.3) is 0 Å². The van der Waals surface area contributed by atoms with Crippen molar-refractivity contribution in [2.24, 2.45) is 0 Å². The van der Waals surface area contributed by atoms with Gasteiger partial charge in [-0.1, -0.05) is 42.5 Å². The lowest BCUT2D eigenvalue weighted by Crippen LogP contribution is -2.28. The molecule has 0 fully saturated rings. The number of carbonyl (C=O) groups excluding carboxylic acids is 2. The number of alkyl halides is 3. The van der Waals surface area contributed by atoms with Crippen LogP contribution in [-0.4, -0.2) is 82.4 Å². The van der Waals surface area contributed by atoms with Crippen LogP contribution in [-0.2, 0) is 51.9 Å². The predicted molar refractivity (Wildman–Crippen MR) is 184 cm³/mol.